The number of rotatable bonds is 12. The number of phenols is 3. The number of benzene rings is 4. The SMILES string of the molecule is CC(C)(C)OC(=O)C1=C(COC(=O)c2cccc(C(=O)c3cc(Cl)cc(C(=O)c4ccccc4O)c3O)c2O)CS[C@@H]2[C@H](NC(=O)COc3ccccc3)C(=O)N12. The molecule has 294 valence electrons. The van der Waals surface area contributed by atoms with Crippen LogP contribution in [0.25, 0.3) is 0 Å². The summed E-state index contributed by atoms with van der Waals surface area (Å²) in [7, 11) is 0. The highest BCUT2D eigenvalue weighted by Gasteiger charge is 2.55. The van der Waals surface area contributed by atoms with Crippen molar-refractivity contribution in [2.45, 2.75) is 37.8 Å². The summed E-state index contributed by atoms with van der Waals surface area (Å²) in [6.07, 6.45) is 0. The van der Waals surface area contributed by atoms with Crippen molar-refractivity contribution in [3.63, 3.8) is 0 Å². The summed E-state index contributed by atoms with van der Waals surface area (Å²) in [5, 5.41) is 34.2. The van der Waals surface area contributed by atoms with Crippen molar-refractivity contribution in [3.8, 4) is 23.0 Å². The first kappa shape index (κ1) is 40.3. The van der Waals surface area contributed by atoms with Crippen molar-refractivity contribution in [2.75, 3.05) is 19.0 Å². The molecule has 2 heterocycles. The van der Waals surface area contributed by atoms with Gasteiger partial charge in [0.15, 0.2) is 6.61 Å². The lowest BCUT2D eigenvalue weighted by atomic mass is 9.94. The highest BCUT2D eigenvalue weighted by atomic mass is 35.5. The predicted octanol–water partition coefficient (Wildman–Crippen LogP) is 5.15. The summed E-state index contributed by atoms with van der Waals surface area (Å²) in [5.74, 6) is -6.33. The first-order valence-corrected chi connectivity index (χ1v) is 18.7. The van der Waals surface area contributed by atoms with Gasteiger partial charge in [0.2, 0.25) is 11.6 Å². The van der Waals surface area contributed by atoms with Crippen LogP contribution in [0.1, 0.15) is 63.0 Å². The van der Waals surface area contributed by atoms with Gasteiger partial charge in [0.25, 0.3) is 11.8 Å². The molecule has 0 saturated carbocycles. The molecule has 57 heavy (non-hydrogen) atoms. The zero-order valence-electron chi connectivity index (χ0n) is 30.6. The Morgan fingerprint density at radius 3 is 2.07 bits per heavy atom. The highest BCUT2D eigenvalue weighted by molar-refractivity contribution is 8.00. The molecule has 2 amide bonds. The Hall–Kier alpha value is -6.32. The van der Waals surface area contributed by atoms with Crippen molar-refractivity contribution >= 4 is 58.7 Å². The molecule has 4 N–H and O–H groups in total. The third-order valence-corrected chi connectivity index (χ3v) is 10.2. The highest BCUT2D eigenvalue weighted by Crippen LogP contribution is 2.41. The second kappa shape index (κ2) is 16.4. The lowest BCUT2D eigenvalue weighted by Crippen LogP contribution is -2.71. The maximum atomic E-state index is 13.7. The van der Waals surface area contributed by atoms with Gasteiger partial charge in [-0.05, 0) is 69.3 Å². The number of para-hydroxylation sites is 3. The first-order chi connectivity index (χ1) is 27.1. The molecule has 1 saturated heterocycles. The number of hydrogen-bond donors (Lipinski definition) is 4. The van der Waals surface area contributed by atoms with Gasteiger partial charge in [-0.2, -0.15) is 0 Å². The second-order valence-corrected chi connectivity index (χ2v) is 15.4. The third kappa shape index (κ3) is 8.59. The number of nitrogens with zero attached hydrogens (tertiary/aromatic N) is 1. The molecule has 0 unspecified atom stereocenters. The van der Waals surface area contributed by atoms with Crippen LogP contribution < -0.4 is 10.1 Å². The molecule has 0 bridgehead atoms. The van der Waals surface area contributed by atoms with E-state index in [4.69, 9.17) is 25.8 Å². The fourth-order valence-corrected chi connectivity index (χ4v) is 7.56. The largest absolute Gasteiger partial charge is 0.507 e. The summed E-state index contributed by atoms with van der Waals surface area (Å²) in [6.45, 7) is 4.05. The molecule has 4 aromatic rings. The molecule has 0 aliphatic carbocycles. The average molecular weight is 815 g/mol. The first-order valence-electron chi connectivity index (χ1n) is 17.3. The number of β-lactam (4-membered cyclic amide) rings is 1. The fourth-order valence-electron chi connectivity index (χ4n) is 6.01. The van der Waals surface area contributed by atoms with E-state index < -0.39 is 92.7 Å². The molecule has 0 radical (unpaired) electrons. The number of ether oxygens (including phenoxy) is 3. The Kier molecular flexibility index (Phi) is 11.6. The number of phenolic OH excluding ortho intramolecular Hbond substituents is 3. The molecule has 2 atom stereocenters. The number of thioether (sulfide) groups is 1. The van der Waals surface area contributed by atoms with E-state index in [1.54, 1.807) is 51.1 Å². The summed E-state index contributed by atoms with van der Waals surface area (Å²) in [6, 6.07) is 19.1. The van der Waals surface area contributed by atoms with Crippen LogP contribution >= 0.6 is 23.4 Å². The lowest BCUT2D eigenvalue weighted by molar-refractivity contribution is -0.159. The molecular formula is C41H35ClN2O12S. The minimum absolute atomic E-state index is 0.0869. The number of nitrogens with one attached hydrogen (secondary N) is 1. The summed E-state index contributed by atoms with van der Waals surface area (Å²) in [5.41, 5.74) is -2.83. The lowest BCUT2D eigenvalue weighted by Gasteiger charge is -2.49. The van der Waals surface area contributed by atoms with Crippen LogP contribution in [0.4, 0.5) is 0 Å². The van der Waals surface area contributed by atoms with Crippen LogP contribution in [0.15, 0.2) is 96.2 Å². The number of aromatic hydroxyl groups is 3. The number of ketones is 2. The Labute approximate surface area is 335 Å². The Bertz CT molecular complexity index is 2340. The van der Waals surface area contributed by atoms with Crippen LogP contribution in [0.5, 0.6) is 23.0 Å². The summed E-state index contributed by atoms with van der Waals surface area (Å²) >= 11 is 7.44. The summed E-state index contributed by atoms with van der Waals surface area (Å²) < 4.78 is 16.6. The van der Waals surface area contributed by atoms with Crippen LogP contribution in [0.2, 0.25) is 5.02 Å². The molecule has 16 heteroatoms. The number of amides is 2. The van der Waals surface area contributed by atoms with E-state index in [1.165, 1.54) is 59.1 Å². The fraction of sp³-hybridized carbons (Fsp3) is 0.220. The quantitative estimate of drug-likeness (QED) is 0.0831. The Balaban J connectivity index is 1.20. The number of carbonyl (C=O) groups is 6. The van der Waals surface area contributed by atoms with E-state index in [-0.39, 0.29) is 40.0 Å². The van der Waals surface area contributed by atoms with Gasteiger partial charge in [-0.25, -0.2) is 9.59 Å². The molecule has 0 aromatic heterocycles. The van der Waals surface area contributed by atoms with E-state index >= 15 is 0 Å². The normalized spacial score (nSPS) is 16.2. The van der Waals surface area contributed by atoms with E-state index in [2.05, 4.69) is 5.32 Å². The molecule has 14 nitrogen and oxygen atoms in total. The number of esters is 2. The standard InChI is InChI=1S/C41H35ClN2O12S/c1-41(2,3)56-40(53)32-21(20-57-38-31(37(51)44(32)38)43-30(46)19-54-23-10-5-4-6-11-23)18-55-39(52)26-14-9-13-25(34(26)48)35(49)28-17-22(42)16-27(36(28)50)33(47)24-12-7-8-15-29(24)45/h4-17,31,38,45,48,50H,18-20H2,1-3H3,(H,43,46)/t31-,38-/m1/s1. The Morgan fingerprint density at radius 2 is 1.40 bits per heavy atom. The zero-order valence-corrected chi connectivity index (χ0v) is 32.2. The number of fused-ring (bicyclic) bond motifs is 1. The van der Waals surface area contributed by atoms with Gasteiger partial charge in [-0.3, -0.25) is 24.1 Å². The molecular weight excluding hydrogens is 780 g/mol. The van der Waals surface area contributed by atoms with E-state index in [0.29, 0.717) is 5.75 Å². The zero-order chi connectivity index (χ0) is 41.2. The minimum Gasteiger partial charge on any atom is -0.507 e. The molecule has 1 fully saturated rings. The molecule has 6 rings (SSSR count). The van der Waals surface area contributed by atoms with Gasteiger partial charge in [0, 0.05) is 16.3 Å². The minimum atomic E-state index is -1.10. The summed E-state index contributed by atoms with van der Waals surface area (Å²) in [4.78, 5) is 81.1. The molecule has 2 aliphatic heterocycles. The van der Waals surface area contributed by atoms with Crippen molar-refractivity contribution in [1.82, 2.24) is 10.2 Å². The van der Waals surface area contributed by atoms with Crippen molar-refractivity contribution in [1.29, 1.82) is 0 Å². The van der Waals surface area contributed by atoms with Crippen LogP contribution in [-0.2, 0) is 23.9 Å². The maximum Gasteiger partial charge on any atom is 0.355 e. The topological polar surface area (TPSA) is 206 Å². The third-order valence-electron chi connectivity index (χ3n) is 8.66. The van der Waals surface area contributed by atoms with E-state index in [0.717, 1.165) is 12.1 Å². The van der Waals surface area contributed by atoms with Crippen LogP contribution in [0.3, 0.4) is 0 Å². The van der Waals surface area contributed by atoms with Gasteiger partial charge in [0.05, 0.1) is 22.3 Å². The van der Waals surface area contributed by atoms with Gasteiger partial charge < -0.3 is 34.8 Å². The smallest absolute Gasteiger partial charge is 0.355 e. The van der Waals surface area contributed by atoms with E-state index in [1.807, 2.05) is 0 Å². The average Bonchev–Trinajstić information content (AvgIpc) is 3.18. The monoisotopic (exact) mass is 814 g/mol. The number of hydrogen-bond acceptors (Lipinski definition) is 13. The van der Waals surface area contributed by atoms with Gasteiger partial charge in [-0.1, -0.05) is 48.0 Å². The van der Waals surface area contributed by atoms with Gasteiger partial charge >= 0.3 is 11.9 Å². The van der Waals surface area contributed by atoms with Crippen LogP contribution in [-0.4, -0.2) is 91.5 Å². The molecule has 2 aliphatic rings. The van der Waals surface area contributed by atoms with E-state index in [9.17, 15) is 44.1 Å². The predicted molar refractivity (Wildman–Crippen MR) is 206 cm³/mol. The van der Waals surface area contributed by atoms with Crippen molar-refractivity contribution in [2.24, 2.45) is 0 Å². The van der Waals surface area contributed by atoms with Gasteiger partial charge in [0.1, 0.15) is 57.9 Å². The number of halogens is 1. The van der Waals surface area contributed by atoms with Crippen molar-refractivity contribution < 1.29 is 58.3 Å². The van der Waals surface area contributed by atoms with Crippen LogP contribution in [0, 0.1) is 0 Å². The molecule has 0 spiro atoms. The Morgan fingerprint density at radius 1 is 0.807 bits per heavy atom. The second-order valence-electron chi connectivity index (χ2n) is 13.8. The molecule has 4 aromatic carbocycles. The number of carbonyl (C=O) groups excluding carboxylic acids is 6. The van der Waals surface area contributed by atoms with Gasteiger partial charge in [-0.15, -0.1) is 11.8 Å². The maximum absolute atomic E-state index is 13.7. The van der Waals surface area contributed by atoms with Crippen molar-refractivity contribution in [3.05, 3.63) is 129 Å².